The number of rotatable bonds is 2. The Morgan fingerprint density at radius 2 is 2.11 bits per heavy atom. The monoisotopic (exact) mass is 282 g/mol. The maximum Gasteiger partial charge on any atom is 0.245 e. The Balaban J connectivity index is 2.00. The van der Waals surface area contributed by atoms with E-state index < -0.39 is 10.0 Å². The molecule has 2 heterocycles. The highest BCUT2D eigenvalue weighted by atomic mass is 32.2. The molecule has 6 nitrogen and oxygen atoms in total. The zero-order chi connectivity index (χ0) is 13.6. The van der Waals surface area contributed by atoms with E-state index in [0.717, 1.165) is 11.3 Å². The summed E-state index contributed by atoms with van der Waals surface area (Å²) in [4.78, 5) is 13.4. The fourth-order valence-electron chi connectivity index (χ4n) is 2.34. The van der Waals surface area contributed by atoms with Gasteiger partial charge in [0.25, 0.3) is 0 Å². The molecule has 0 radical (unpaired) electrons. The number of hydrogen-bond acceptors (Lipinski definition) is 4. The Kier molecular flexibility index (Phi) is 2.84. The van der Waals surface area contributed by atoms with Gasteiger partial charge in [-0.3, -0.25) is 4.79 Å². The highest BCUT2D eigenvalue weighted by molar-refractivity contribution is 7.89. The molecule has 0 unspecified atom stereocenters. The SMILES string of the molecule is CN1C(=O)Cc2cc(S(=O)(=O)N3CCOC3)ccc21. The number of likely N-dealkylation sites (N-methyl/N-ethyl adjacent to an activating group) is 1. The smallest absolute Gasteiger partial charge is 0.245 e. The highest BCUT2D eigenvalue weighted by Crippen LogP contribution is 2.30. The molecular weight excluding hydrogens is 268 g/mol. The Bertz CT molecular complexity index is 635. The second-order valence-corrected chi connectivity index (χ2v) is 6.58. The van der Waals surface area contributed by atoms with Gasteiger partial charge in [0.15, 0.2) is 0 Å². The molecule has 1 aromatic rings. The quantitative estimate of drug-likeness (QED) is 0.776. The normalized spacial score (nSPS) is 20.1. The average molecular weight is 282 g/mol. The molecule has 0 aromatic heterocycles. The van der Waals surface area contributed by atoms with Crippen LogP contribution in [0.1, 0.15) is 5.56 Å². The van der Waals surface area contributed by atoms with Crippen LogP contribution in [0.2, 0.25) is 0 Å². The number of carbonyl (C=O) groups excluding carboxylic acids is 1. The highest BCUT2D eigenvalue weighted by Gasteiger charge is 2.30. The maximum atomic E-state index is 12.3. The maximum absolute atomic E-state index is 12.3. The Labute approximate surface area is 111 Å². The summed E-state index contributed by atoms with van der Waals surface area (Å²) in [5.41, 5.74) is 1.54. The van der Waals surface area contributed by atoms with E-state index in [9.17, 15) is 13.2 Å². The van der Waals surface area contributed by atoms with Gasteiger partial charge in [-0.25, -0.2) is 8.42 Å². The van der Waals surface area contributed by atoms with Crippen LogP contribution in [-0.4, -0.2) is 45.6 Å². The molecule has 0 aliphatic carbocycles. The van der Waals surface area contributed by atoms with E-state index in [1.54, 1.807) is 30.1 Å². The molecule has 1 saturated heterocycles. The van der Waals surface area contributed by atoms with Gasteiger partial charge >= 0.3 is 0 Å². The predicted molar refractivity (Wildman–Crippen MR) is 68.3 cm³/mol. The van der Waals surface area contributed by atoms with Crippen LogP contribution in [0.25, 0.3) is 0 Å². The molecule has 3 rings (SSSR count). The van der Waals surface area contributed by atoms with Crippen molar-refractivity contribution >= 4 is 21.6 Å². The topological polar surface area (TPSA) is 66.9 Å². The molecule has 0 saturated carbocycles. The van der Waals surface area contributed by atoms with Crippen molar-refractivity contribution in [1.82, 2.24) is 4.31 Å². The molecule has 2 aliphatic heterocycles. The van der Waals surface area contributed by atoms with E-state index in [2.05, 4.69) is 0 Å². The molecule has 7 heteroatoms. The average Bonchev–Trinajstić information content (AvgIpc) is 2.99. The Morgan fingerprint density at radius 1 is 1.32 bits per heavy atom. The number of benzene rings is 1. The number of fused-ring (bicyclic) bond motifs is 1. The van der Waals surface area contributed by atoms with Gasteiger partial charge in [0.1, 0.15) is 6.73 Å². The van der Waals surface area contributed by atoms with E-state index in [4.69, 9.17) is 4.74 Å². The Morgan fingerprint density at radius 3 is 2.79 bits per heavy atom. The van der Waals surface area contributed by atoms with Gasteiger partial charge in [0.2, 0.25) is 15.9 Å². The molecule has 1 amide bonds. The first-order valence-corrected chi connectivity index (χ1v) is 7.41. The van der Waals surface area contributed by atoms with Crippen molar-refractivity contribution in [1.29, 1.82) is 0 Å². The largest absolute Gasteiger partial charge is 0.364 e. The van der Waals surface area contributed by atoms with Gasteiger partial charge in [0, 0.05) is 19.3 Å². The summed E-state index contributed by atoms with van der Waals surface area (Å²) in [6.45, 7) is 0.891. The summed E-state index contributed by atoms with van der Waals surface area (Å²) in [5, 5.41) is 0. The Hall–Kier alpha value is -1.44. The zero-order valence-corrected chi connectivity index (χ0v) is 11.3. The second-order valence-electron chi connectivity index (χ2n) is 4.64. The summed E-state index contributed by atoms with van der Waals surface area (Å²) in [7, 11) is -1.83. The molecule has 0 spiro atoms. The first-order chi connectivity index (χ1) is 9.00. The third kappa shape index (κ3) is 1.94. The summed E-state index contributed by atoms with van der Waals surface area (Å²) in [6, 6.07) is 4.82. The molecule has 0 atom stereocenters. The molecule has 102 valence electrons. The lowest BCUT2D eigenvalue weighted by molar-refractivity contribution is -0.117. The van der Waals surface area contributed by atoms with Crippen molar-refractivity contribution in [3.63, 3.8) is 0 Å². The van der Waals surface area contributed by atoms with Gasteiger partial charge in [-0.15, -0.1) is 0 Å². The lowest BCUT2D eigenvalue weighted by Gasteiger charge is -2.15. The van der Waals surface area contributed by atoms with Crippen molar-refractivity contribution in [3.8, 4) is 0 Å². The number of amides is 1. The summed E-state index contributed by atoms with van der Waals surface area (Å²) >= 11 is 0. The van der Waals surface area contributed by atoms with Gasteiger partial charge < -0.3 is 9.64 Å². The van der Waals surface area contributed by atoms with Crippen molar-refractivity contribution in [3.05, 3.63) is 23.8 Å². The van der Waals surface area contributed by atoms with E-state index in [-0.39, 0.29) is 24.0 Å². The van der Waals surface area contributed by atoms with Crippen molar-refractivity contribution in [2.45, 2.75) is 11.3 Å². The van der Waals surface area contributed by atoms with Crippen molar-refractivity contribution in [2.24, 2.45) is 0 Å². The molecule has 19 heavy (non-hydrogen) atoms. The summed E-state index contributed by atoms with van der Waals surface area (Å²) in [6.07, 6.45) is 0.256. The lowest BCUT2D eigenvalue weighted by Crippen LogP contribution is -2.28. The first kappa shape index (κ1) is 12.6. The predicted octanol–water partition coefficient (Wildman–Crippen LogP) is 0.184. The van der Waals surface area contributed by atoms with E-state index in [1.807, 2.05) is 0 Å². The number of carbonyl (C=O) groups is 1. The number of hydrogen-bond donors (Lipinski definition) is 0. The van der Waals surface area contributed by atoms with Gasteiger partial charge in [-0.2, -0.15) is 4.31 Å². The third-order valence-corrected chi connectivity index (χ3v) is 5.30. The minimum atomic E-state index is -3.52. The van der Waals surface area contributed by atoms with Crippen LogP contribution in [-0.2, 0) is 26.0 Å². The summed E-state index contributed by atoms with van der Waals surface area (Å²) < 4.78 is 31.1. The molecule has 2 aliphatic rings. The molecule has 1 aromatic carbocycles. The van der Waals surface area contributed by atoms with Gasteiger partial charge in [0.05, 0.1) is 17.9 Å². The van der Waals surface area contributed by atoms with Crippen LogP contribution in [0, 0.1) is 0 Å². The second kappa shape index (κ2) is 4.29. The summed E-state index contributed by atoms with van der Waals surface area (Å²) in [5.74, 6) is -0.0194. The van der Waals surface area contributed by atoms with Crippen LogP contribution >= 0.6 is 0 Å². The van der Waals surface area contributed by atoms with E-state index in [0.29, 0.717) is 13.2 Å². The number of nitrogens with zero attached hydrogens (tertiary/aromatic N) is 2. The van der Waals surface area contributed by atoms with Crippen LogP contribution in [0.15, 0.2) is 23.1 Å². The first-order valence-electron chi connectivity index (χ1n) is 5.97. The van der Waals surface area contributed by atoms with Crippen LogP contribution in [0.4, 0.5) is 5.69 Å². The van der Waals surface area contributed by atoms with E-state index >= 15 is 0 Å². The van der Waals surface area contributed by atoms with E-state index in [1.165, 1.54) is 4.31 Å². The molecule has 0 bridgehead atoms. The van der Waals surface area contributed by atoms with Gasteiger partial charge in [-0.05, 0) is 23.8 Å². The fraction of sp³-hybridized carbons (Fsp3) is 0.417. The minimum absolute atomic E-state index is 0.0194. The van der Waals surface area contributed by atoms with Crippen LogP contribution in [0.3, 0.4) is 0 Å². The molecule has 0 N–H and O–H groups in total. The van der Waals surface area contributed by atoms with Gasteiger partial charge in [-0.1, -0.05) is 0 Å². The van der Waals surface area contributed by atoms with Crippen LogP contribution in [0.5, 0.6) is 0 Å². The molecule has 1 fully saturated rings. The number of sulfonamides is 1. The standard InChI is InChI=1S/C12H14N2O4S/c1-13-11-3-2-10(6-9(11)7-12(13)15)19(16,17)14-4-5-18-8-14/h2-3,6H,4-5,7-8H2,1H3. The van der Waals surface area contributed by atoms with Crippen molar-refractivity contribution < 1.29 is 17.9 Å². The number of ether oxygens (including phenoxy) is 1. The van der Waals surface area contributed by atoms with Crippen molar-refractivity contribution in [2.75, 3.05) is 31.8 Å². The molecular formula is C12H14N2O4S. The number of anilines is 1. The van der Waals surface area contributed by atoms with Crippen LogP contribution < -0.4 is 4.90 Å². The fourth-order valence-corrected chi connectivity index (χ4v) is 3.70. The zero-order valence-electron chi connectivity index (χ0n) is 10.5. The lowest BCUT2D eigenvalue weighted by atomic mass is 10.2. The third-order valence-electron chi connectivity index (χ3n) is 3.49. The minimum Gasteiger partial charge on any atom is -0.364 e.